The van der Waals surface area contributed by atoms with Crippen LogP contribution in [0.25, 0.3) is 0 Å². The monoisotopic (exact) mass is 394 g/mol. The number of nitrogens with zero attached hydrogens (tertiary/aromatic N) is 2. The van der Waals surface area contributed by atoms with E-state index < -0.39 is 0 Å². The smallest absolute Gasteiger partial charge is 0.261 e. The Balaban J connectivity index is 1.26. The largest absolute Gasteiger partial charge is 0.299 e. The molecule has 4 rings (SSSR count). The topological polar surface area (TPSA) is 40.6 Å². The van der Waals surface area contributed by atoms with Crippen molar-refractivity contribution in [2.75, 3.05) is 25.4 Å². The van der Waals surface area contributed by atoms with E-state index in [4.69, 9.17) is 0 Å². The first-order valence-corrected chi connectivity index (χ1v) is 11.1. The highest BCUT2D eigenvalue weighted by molar-refractivity contribution is 7.99. The van der Waals surface area contributed by atoms with E-state index in [9.17, 15) is 9.59 Å². The SMILES string of the molecule is O=C1c2ccccc2C(=O)N1CCCSc1cccc(CN2CCCCC2)c1. The fourth-order valence-electron chi connectivity index (χ4n) is 3.96. The van der Waals surface area contributed by atoms with Gasteiger partial charge in [0, 0.05) is 18.0 Å². The number of likely N-dealkylation sites (tertiary alicyclic amines) is 1. The van der Waals surface area contributed by atoms with Crippen LogP contribution in [0.2, 0.25) is 0 Å². The molecule has 0 saturated carbocycles. The average Bonchev–Trinajstić information content (AvgIpc) is 2.97. The van der Waals surface area contributed by atoms with E-state index in [1.807, 2.05) is 0 Å². The van der Waals surface area contributed by atoms with Gasteiger partial charge in [0.15, 0.2) is 0 Å². The molecule has 4 nitrogen and oxygen atoms in total. The summed E-state index contributed by atoms with van der Waals surface area (Å²) in [5, 5.41) is 0. The third kappa shape index (κ3) is 4.31. The van der Waals surface area contributed by atoms with Gasteiger partial charge in [0.2, 0.25) is 0 Å². The van der Waals surface area contributed by atoms with Crippen molar-refractivity contribution >= 4 is 23.6 Å². The highest BCUT2D eigenvalue weighted by atomic mass is 32.2. The van der Waals surface area contributed by atoms with E-state index in [0.29, 0.717) is 17.7 Å². The van der Waals surface area contributed by atoms with E-state index in [2.05, 4.69) is 29.2 Å². The zero-order valence-corrected chi connectivity index (χ0v) is 16.9. The predicted octanol–water partition coefficient (Wildman–Crippen LogP) is 4.45. The van der Waals surface area contributed by atoms with Crippen LogP contribution in [0.3, 0.4) is 0 Å². The maximum Gasteiger partial charge on any atom is 0.261 e. The van der Waals surface area contributed by atoms with Crippen molar-refractivity contribution in [3.8, 4) is 0 Å². The summed E-state index contributed by atoms with van der Waals surface area (Å²) in [6, 6.07) is 15.8. The summed E-state index contributed by atoms with van der Waals surface area (Å²) < 4.78 is 0. The predicted molar refractivity (Wildman–Crippen MR) is 113 cm³/mol. The maximum absolute atomic E-state index is 12.4. The first kappa shape index (κ1) is 19.2. The Bertz CT molecular complexity index is 826. The minimum Gasteiger partial charge on any atom is -0.299 e. The number of carbonyl (C=O) groups excluding carboxylic acids is 2. The van der Waals surface area contributed by atoms with Gasteiger partial charge in [0.1, 0.15) is 0 Å². The van der Waals surface area contributed by atoms with Crippen molar-refractivity contribution in [2.24, 2.45) is 0 Å². The Morgan fingerprint density at radius 3 is 2.29 bits per heavy atom. The van der Waals surface area contributed by atoms with Gasteiger partial charge in [-0.05, 0) is 67.9 Å². The Kier molecular flexibility index (Phi) is 6.13. The van der Waals surface area contributed by atoms with Gasteiger partial charge in [-0.1, -0.05) is 30.7 Å². The molecule has 5 heteroatoms. The summed E-state index contributed by atoms with van der Waals surface area (Å²) in [6.07, 6.45) is 4.78. The fourth-order valence-corrected chi connectivity index (χ4v) is 4.88. The highest BCUT2D eigenvalue weighted by Crippen LogP contribution is 2.25. The number of thioether (sulfide) groups is 1. The first-order chi connectivity index (χ1) is 13.7. The number of benzene rings is 2. The zero-order chi connectivity index (χ0) is 19.3. The third-order valence-electron chi connectivity index (χ3n) is 5.43. The van der Waals surface area contributed by atoms with E-state index in [1.165, 1.54) is 47.7 Å². The van der Waals surface area contributed by atoms with Crippen LogP contribution in [0.5, 0.6) is 0 Å². The molecule has 0 atom stereocenters. The van der Waals surface area contributed by atoms with E-state index in [0.717, 1.165) is 18.7 Å². The Morgan fingerprint density at radius 1 is 0.857 bits per heavy atom. The Hall–Kier alpha value is -2.11. The summed E-state index contributed by atoms with van der Waals surface area (Å²) in [6.45, 7) is 3.92. The molecule has 0 aliphatic carbocycles. The van der Waals surface area contributed by atoms with Crippen LogP contribution in [0, 0.1) is 0 Å². The Morgan fingerprint density at radius 2 is 1.57 bits per heavy atom. The number of amides is 2. The standard InChI is InChI=1S/C23H26N2O2S/c26-22-20-10-2-3-11-21(20)23(27)25(22)14-7-15-28-19-9-6-8-18(16-19)17-24-12-4-1-5-13-24/h2-3,6,8-11,16H,1,4-5,7,12-15,17H2. The summed E-state index contributed by atoms with van der Waals surface area (Å²) in [5.41, 5.74) is 2.43. The average molecular weight is 395 g/mol. The van der Waals surface area contributed by atoms with E-state index in [-0.39, 0.29) is 11.8 Å². The molecule has 0 unspecified atom stereocenters. The third-order valence-corrected chi connectivity index (χ3v) is 6.51. The molecule has 2 aromatic rings. The number of hydrogen-bond acceptors (Lipinski definition) is 4. The van der Waals surface area contributed by atoms with E-state index >= 15 is 0 Å². The maximum atomic E-state index is 12.4. The molecule has 0 N–H and O–H groups in total. The van der Waals surface area contributed by atoms with Crippen LogP contribution in [-0.4, -0.2) is 47.0 Å². The number of carbonyl (C=O) groups is 2. The van der Waals surface area contributed by atoms with Gasteiger partial charge < -0.3 is 0 Å². The molecular weight excluding hydrogens is 368 g/mol. The molecule has 146 valence electrons. The van der Waals surface area contributed by atoms with Crippen molar-refractivity contribution in [2.45, 2.75) is 37.1 Å². The molecule has 1 fully saturated rings. The molecular formula is C23H26N2O2S. The van der Waals surface area contributed by atoms with Crippen molar-refractivity contribution in [3.05, 3.63) is 65.2 Å². The molecule has 0 radical (unpaired) electrons. The van der Waals surface area contributed by atoms with Gasteiger partial charge >= 0.3 is 0 Å². The second kappa shape index (κ2) is 8.93. The van der Waals surface area contributed by atoms with Crippen LogP contribution < -0.4 is 0 Å². The molecule has 2 aromatic carbocycles. The molecule has 2 aliphatic heterocycles. The quantitative estimate of drug-likeness (QED) is 0.395. The van der Waals surface area contributed by atoms with Crippen molar-refractivity contribution < 1.29 is 9.59 Å². The molecule has 0 bridgehead atoms. The number of rotatable bonds is 7. The summed E-state index contributed by atoms with van der Waals surface area (Å²) in [4.78, 5) is 30.0. The molecule has 0 aromatic heterocycles. The first-order valence-electron chi connectivity index (χ1n) is 10.1. The fraction of sp³-hybridized carbons (Fsp3) is 0.391. The van der Waals surface area contributed by atoms with Crippen LogP contribution in [-0.2, 0) is 6.54 Å². The van der Waals surface area contributed by atoms with Crippen molar-refractivity contribution in [1.82, 2.24) is 9.80 Å². The lowest BCUT2D eigenvalue weighted by molar-refractivity contribution is 0.0655. The van der Waals surface area contributed by atoms with Gasteiger partial charge in [0.05, 0.1) is 11.1 Å². The highest BCUT2D eigenvalue weighted by Gasteiger charge is 2.34. The lowest BCUT2D eigenvalue weighted by atomic mass is 10.1. The van der Waals surface area contributed by atoms with Crippen LogP contribution in [0.15, 0.2) is 53.4 Å². The summed E-state index contributed by atoms with van der Waals surface area (Å²) in [5.74, 6) is 0.573. The molecule has 0 spiro atoms. The van der Waals surface area contributed by atoms with Gasteiger partial charge in [-0.15, -0.1) is 11.8 Å². The molecule has 2 amide bonds. The summed E-state index contributed by atoms with van der Waals surface area (Å²) in [7, 11) is 0. The normalized spacial score (nSPS) is 17.2. The van der Waals surface area contributed by atoms with Crippen molar-refractivity contribution in [1.29, 1.82) is 0 Å². The molecule has 2 aliphatic rings. The zero-order valence-electron chi connectivity index (χ0n) is 16.1. The van der Waals surface area contributed by atoms with Crippen LogP contribution in [0.4, 0.5) is 0 Å². The van der Waals surface area contributed by atoms with Crippen LogP contribution >= 0.6 is 11.8 Å². The molecule has 1 saturated heterocycles. The van der Waals surface area contributed by atoms with Gasteiger partial charge in [-0.3, -0.25) is 19.4 Å². The lowest BCUT2D eigenvalue weighted by Crippen LogP contribution is -2.31. The minimum atomic E-state index is -0.158. The Labute approximate surface area is 170 Å². The molecule has 28 heavy (non-hydrogen) atoms. The minimum absolute atomic E-state index is 0.158. The number of piperidine rings is 1. The second-order valence-electron chi connectivity index (χ2n) is 7.49. The lowest BCUT2D eigenvalue weighted by Gasteiger charge is -2.26. The summed E-state index contributed by atoms with van der Waals surface area (Å²) >= 11 is 1.80. The molecule has 2 heterocycles. The number of fused-ring (bicyclic) bond motifs is 1. The number of imide groups is 1. The number of hydrogen-bond donors (Lipinski definition) is 0. The van der Waals surface area contributed by atoms with Crippen LogP contribution in [0.1, 0.15) is 52.0 Å². The van der Waals surface area contributed by atoms with Gasteiger partial charge in [0.25, 0.3) is 11.8 Å². The van der Waals surface area contributed by atoms with Gasteiger partial charge in [-0.2, -0.15) is 0 Å². The van der Waals surface area contributed by atoms with Crippen molar-refractivity contribution in [3.63, 3.8) is 0 Å². The second-order valence-corrected chi connectivity index (χ2v) is 8.66. The van der Waals surface area contributed by atoms with E-state index in [1.54, 1.807) is 36.0 Å². The van der Waals surface area contributed by atoms with Gasteiger partial charge in [-0.25, -0.2) is 0 Å².